The summed E-state index contributed by atoms with van der Waals surface area (Å²) in [5.41, 5.74) is -0.432. The van der Waals surface area contributed by atoms with Gasteiger partial charge in [0.15, 0.2) is 0 Å². The number of carboxylic acids is 1. The molecule has 2 rings (SSSR count). The molecule has 0 spiro atoms. The number of aliphatic carboxylic acids is 1. The zero-order valence-corrected chi connectivity index (χ0v) is 10.4. The lowest BCUT2D eigenvalue weighted by Crippen LogP contribution is -2.40. The summed E-state index contributed by atoms with van der Waals surface area (Å²) in [7, 11) is 0. The molecular formula is C12H19NO4. The number of nitrogens with one attached hydrogen (secondary N) is 1. The van der Waals surface area contributed by atoms with Gasteiger partial charge in [0.1, 0.15) is 0 Å². The fraction of sp³-hybridized carbons (Fsp3) is 0.833. The maximum atomic E-state index is 12.0. The van der Waals surface area contributed by atoms with Crippen molar-refractivity contribution in [2.75, 3.05) is 6.61 Å². The average molecular weight is 241 g/mol. The number of carbonyl (C=O) groups excluding carboxylic acids is 1. The Labute approximate surface area is 101 Å². The van der Waals surface area contributed by atoms with E-state index in [0.29, 0.717) is 6.61 Å². The summed E-state index contributed by atoms with van der Waals surface area (Å²) in [6.45, 7) is 6.22. The summed E-state index contributed by atoms with van der Waals surface area (Å²) in [6.07, 6.45) is 0.821. The molecular weight excluding hydrogens is 222 g/mol. The van der Waals surface area contributed by atoms with E-state index >= 15 is 0 Å². The molecule has 0 aromatic heterocycles. The first-order valence-corrected chi connectivity index (χ1v) is 6.00. The second-order valence-electron chi connectivity index (χ2n) is 5.59. The van der Waals surface area contributed by atoms with Crippen LogP contribution in [0.15, 0.2) is 0 Å². The highest BCUT2D eigenvalue weighted by molar-refractivity contribution is 5.91. The molecule has 0 aromatic carbocycles. The van der Waals surface area contributed by atoms with Crippen molar-refractivity contribution >= 4 is 11.9 Å². The smallest absolute Gasteiger partial charge is 0.307 e. The maximum Gasteiger partial charge on any atom is 0.307 e. The van der Waals surface area contributed by atoms with Gasteiger partial charge in [-0.05, 0) is 18.8 Å². The van der Waals surface area contributed by atoms with E-state index < -0.39 is 23.2 Å². The highest BCUT2D eigenvalue weighted by Crippen LogP contribution is 2.58. The number of amides is 1. The molecule has 1 saturated carbocycles. The first-order chi connectivity index (χ1) is 7.85. The lowest BCUT2D eigenvalue weighted by molar-refractivity contribution is -0.140. The predicted molar refractivity (Wildman–Crippen MR) is 60.4 cm³/mol. The van der Waals surface area contributed by atoms with E-state index in [1.165, 1.54) is 0 Å². The molecule has 0 radical (unpaired) electrons. The first-order valence-electron chi connectivity index (χ1n) is 6.00. The molecule has 2 aliphatic rings. The van der Waals surface area contributed by atoms with Crippen molar-refractivity contribution in [1.29, 1.82) is 0 Å². The number of carboxylic acid groups (broad SMARTS) is 1. The molecule has 0 aromatic rings. The van der Waals surface area contributed by atoms with Crippen molar-refractivity contribution in [3.05, 3.63) is 0 Å². The third-order valence-corrected chi connectivity index (χ3v) is 4.08. The van der Waals surface area contributed by atoms with Crippen molar-refractivity contribution in [3.8, 4) is 0 Å². The van der Waals surface area contributed by atoms with Crippen molar-refractivity contribution in [1.82, 2.24) is 5.32 Å². The van der Waals surface area contributed by atoms with Gasteiger partial charge in [-0.15, -0.1) is 0 Å². The zero-order valence-electron chi connectivity index (χ0n) is 10.4. The predicted octanol–water partition coefficient (Wildman–Crippen LogP) is 0.637. The van der Waals surface area contributed by atoms with Crippen LogP contribution in [0, 0.1) is 17.3 Å². The molecule has 0 bridgehead atoms. The summed E-state index contributed by atoms with van der Waals surface area (Å²) >= 11 is 0. The van der Waals surface area contributed by atoms with Crippen LogP contribution in [-0.2, 0) is 14.3 Å². The van der Waals surface area contributed by atoms with Crippen LogP contribution < -0.4 is 5.32 Å². The van der Waals surface area contributed by atoms with Crippen LogP contribution in [0.4, 0.5) is 0 Å². The van der Waals surface area contributed by atoms with E-state index in [9.17, 15) is 9.59 Å². The number of ether oxygens (including phenoxy) is 1. The molecule has 1 heterocycles. The molecule has 1 saturated heterocycles. The van der Waals surface area contributed by atoms with Crippen LogP contribution in [-0.4, -0.2) is 35.7 Å². The normalized spacial score (nSPS) is 38.8. The van der Waals surface area contributed by atoms with Crippen molar-refractivity contribution in [3.63, 3.8) is 0 Å². The maximum absolute atomic E-state index is 12.0. The third kappa shape index (κ3) is 2.04. The molecule has 1 amide bonds. The van der Waals surface area contributed by atoms with Crippen molar-refractivity contribution < 1.29 is 19.4 Å². The van der Waals surface area contributed by atoms with E-state index in [2.05, 4.69) is 5.32 Å². The Bertz CT molecular complexity index is 352. The highest BCUT2D eigenvalue weighted by Gasteiger charge is 2.66. The molecule has 1 aliphatic heterocycles. The van der Waals surface area contributed by atoms with Gasteiger partial charge in [0.2, 0.25) is 5.91 Å². The number of carbonyl (C=O) groups is 2. The van der Waals surface area contributed by atoms with E-state index in [1.54, 1.807) is 0 Å². The number of hydrogen-bond donors (Lipinski definition) is 2. The van der Waals surface area contributed by atoms with E-state index in [4.69, 9.17) is 9.84 Å². The van der Waals surface area contributed by atoms with E-state index in [-0.39, 0.29) is 18.1 Å². The second-order valence-corrected chi connectivity index (χ2v) is 5.59. The Hall–Kier alpha value is -1.10. The van der Waals surface area contributed by atoms with Gasteiger partial charge in [0.25, 0.3) is 0 Å². The van der Waals surface area contributed by atoms with Crippen LogP contribution >= 0.6 is 0 Å². The van der Waals surface area contributed by atoms with Crippen LogP contribution in [0.1, 0.15) is 27.2 Å². The molecule has 1 aliphatic carbocycles. The molecule has 2 N–H and O–H groups in total. The van der Waals surface area contributed by atoms with Gasteiger partial charge in [0, 0.05) is 6.61 Å². The summed E-state index contributed by atoms with van der Waals surface area (Å²) in [5, 5.41) is 11.9. The van der Waals surface area contributed by atoms with Crippen LogP contribution in [0.25, 0.3) is 0 Å². The Balaban J connectivity index is 1.96. The topological polar surface area (TPSA) is 75.6 Å². The van der Waals surface area contributed by atoms with Crippen LogP contribution in [0.3, 0.4) is 0 Å². The van der Waals surface area contributed by atoms with Crippen LogP contribution in [0.2, 0.25) is 0 Å². The fourth-order valence-corrected chi connectivity index (χ4v) is 2.78. The monoisotopic (exact) mass is 241 g/mol. The van der Waals surface area contributed by atoms with Gasteiger partial charge >= 0.3 is 5.97 Å². The first kappa shape index (κ1) is 12.4. The Morgan fingerprint density at radius 2 is 2.00 bits per heavy atom. The van der Waals surface area contributed by atoms with E-state index in [1.807, 2.05) is 20.8 Å². The largest absolute Gasteiger partial charge is 0.481 e. The molecule has 4 atom stereocenters. The van der Waals surface area contributed by atoms with Gasteiger partial charge in [-0.1, -0.05) is 13.8 Å². The Morgan fingerprint density at radius 1 is 1.35 bits per heavy atom. The van der Waals surface area contributed by atoms with Gasteiger partial charge in [-0.25, -0.2) is 0 Å². The molecule has 17 heavy (non-hydrogen) atoms. The standard InChI is InChI=1S/C12H19NO4/c1-6-7(4-5-17-6)13-10(14)8-9(11(15)16)12(8,2)3/h6-9H,4-5H2,1-3H3,(H,13,14)(H,15,16). The SMILES string of the molecule is CC1OCCC1NC(=O)C1C(C(=O)O)C1(C)C. The van der Waals surface area contributed by atoms with Gasteiger partial charge in [-0.3, -0.25) is 9.59 Å². The molecule has 5 nitrogen and oxygen atoms in total. The fourth-order valence-electron chi connectivity index (χ4n) is 2.78. The molecule has 2 fully saturated rings. The lowest BCUT2D eigenvalue weighted by atomic mass is 10.1. The molecule has 5 heteroatoms. The minimum atomic E-state index is -0.883. The number of rotatable bonds is 3. The lowest BCUT2D eigenvalue weighted by Gasteiger charge is -2.16. The summed E-state index contributed by atoms with van der Waals surface area (Å²) in [5.74, 6) is -2.00. The summed E-state index contributed by atoms with van der Waals surface area (Å²) in [4.78, 5) is 23.0. The van der Waals surface area contributed by atoms with Gasteiger partial charge in [0.05, 0.1) is 24.0 Å². The number of hydrogen-bond acceptors (Lipinski definition) is 3. The van der Waals surface area contributed by atoms with Crippen molar-refractivity contribution in [2.24, 2.45) is 17.3 Å². The van der Waals surface area contributed by atoms with Gasteiger partial charge < -0.3 is 15.2 Å². The molecule has 96 valence electrons. The Kier molecular flexibility index (Phi) is 2.89. The zero-order chi connectivity index (χ0) is 12.8. The van der Waals surface area contributed by atoms with Gasteiger partial charge in [-0.2, -0.15) is 0 Å². The summed E-state index contributed by atoms with van der Waals surface area (Å²) < 4.78 is 5.36. The molecule has 4 unspecified atom stereocenters. The minimum Gasteiger partial charge on any atom is -0.481 e. The van der Waals surface area contributed by atoms with Crippen LogP contribution in [0.5, 0.6) is 0 Å². The van der Waals surface area contributed by atoms with Crippen molar-refractivity contribution in [2.45, 2.75) is 39.3 Å². The Morgan fingerprint density at radius 3 is 2.41 bits per heavy atom. The summed E-state index contributed by atoms with van der Waals surface area (Å²) in [6, 6.07) is 0.0216. The quantitative estimate of drug-likeness (QED) is 0.760. The van der Waals surface area contributed by atoms with E-state index in [0.717, 1.165) is 6.42 Å². The second kappa shape index (κ2) is 3.98. The minimum absolute atomic E-state index is 0.0177. The third-order valence-electron chi connectivity index (χ3n) is 4.08. The highest BCUT2D eigenvalue weighted by atomic mass is 16.5. The average Bonchev–Trinajstić information content (AvgIpc) is 2.58.